The molecule has 0 amide bonds. The molecular weight excluding hydrogens is 298 g/mol. The number of nitrogens with two attached hydrogens (primary N) is 1. The van der Waals surface area contributed by atoms with Crippen molar-refractivity contribution in [3.05, 3.63) is 29.8 Å². The minimum Gasteiger partial charge on any atom is -0.391 e. The Morgan fingerprint density at radius 3 is 2.14 bits per heavy atom. The molecule has 1 aromatic rings. The average Bonchev–Trinajstić information content (AvgIpc) is 2.47. The third-order valence-electron chi connectivity index (χ3n) is 4.11. The molecule has 5 heteroatoms. The van der Waals surface area contributed by atoms with E-state index in [0.29, 0.717) is 11.3 Å². The molecule has 0 heterocycles. The summed E-state index contributed by atoms with van der Waals surface area (Å²) < 4.78 is 24.2. The summed E-state index contributed by atoms with van der Waals surface area (Å²) >= 11 is 0. The van der Waals surface area contributed by atoms with Gasteiger partial charge in [0.2, 0.25) is 0 Å². The van der Waals surface area contributed by atoms with E-state index in [9.17, 15) is 13.5 Å². The maximum Gasteiger partial charge on any atom is 0.180 e. The Kier molecular flexibility index (Phi) is 7.03. The van der Waals surface area contributed by atoms with Gasteiger partial charge in [0.1, 0.15) is 0 Å². The van der Waals surface area contributed by atoms with Gasteiger partial charge in [0, 0.05) is 6.04 Å². The van der Waals surface area contributed by atoms with Crippen molar-refractivity contribution in [3.63, 3.8) is 0 Å². The number of rotatable bonds is 8. The molecule has 1 aromatic carbocycles. The van der Waals surface area contributed by atoms with Crippen LogP contribution >= 0.6 is 0 Å². The van der Waals surface area contributed by atoms with E-state index in [0.717, 1.165) is 18.4 Å². The lowest BCUT2D eigenvalue weighted by atomic mass is 9.91. The average molecular weight is 327 g/mol. The predicted octanol–water partition coefficient (Wildman–Crippen LogP) is 2.85. The second kappa shape index (κ2) is 8.09. The predicted molar refractivity (Wildman–Crippen MR) is 90.7 cm³/mol. The zero-order chi connectivity index (χ0) is 16.9. The second-order valence-corrected chi connectivity index (χ2v) is 8.82. The maximum absolute atomic E-state index is 12.1. The number of aliphatic hydroxyl groups excluding tert-OH is 1. The number of benzene rings is 1. The van der Waals surface area contributed by atoms with Crippen molar-refractivity contribution in [2.75, 3.05) is 0 Å². The summed E-state index contributed by atoms with van der Waals surface area (Å²) in [5.41, 5.74) is 6.96. The molecule has 3 unspecified atom stereocenters. The Labute approximate surface area is 134 Å². The molecule has 4 nitrogen and oxygen atoms in total. The van der Waals surface area contributed by atoms with Gasteiger partial charge in [-0.1, -0.05) is 32.4 Å². The SMILES string of the molecule is CCCC(N)C(O)CC(C)c1ccc(S(=O)(=O)C(C)C)cc1. The van der Waals surface area contributed by atoms with Crippen LogP contribution in [0, 0.1) is 0 Å². The Balaban J connectivity index is 2.78. The van der Waals surface area contributed by atoms with Gasteiger partial charge in [-0.2, -0.15) is 0 Å². The van der Waals surface area contributed by atoms with Crippen LogP contribution in [0.1, 0.15) is 58.4 Å². The van der Waals surface area contributed by atoms with E-state index in [1.54, 1.807) is 26.0 Å². The van der Waals surface area contributed by atoms with Crippen molar-refractivity contribution in [2.24, 2.45) is 5.73 Å². The van der Waals surface area contributed by atoms with Gasteiger partial charge in [0.15, 0.2) is 9.84 Å². The van der Waals surface area contributed by atoms with Crippen LogP contribution in [0.15, 0.2) is 29.2 Å². The molecule has 0 fully saturated rings. The van der Waals surface area contributed by atoms with E-state index in [1.165, 1.54) is 0 Å². The molecule has 0 saturated carbocycles. The standard InChI is InChI=1S/C17H29NO3S/c1-5-6-16(18)17(19)11-13(4)14-7-9-15(10-8-14)22(20,21)12(2)3/h7-10,12-13,16-17,19H,5-6,11,18H2,1-4H3. The van der Waals surface area contributed by atoms with E-state index in [4.69, 9.17) is 5.73 Å². The highest BCUT2D eigenvalue weighted by Crippen LogP contribution is 2.24. The number of hydrogen-bond acceptors (Lipinski definition) is 4. The molecule has 22 heavy (non-hydrogen) atoms. The first-order valence-corrected chi connectivity index (χ1v) is 9.52. The Bertz CT molecular complexity index is 552. The van der Waals surface area contributed by atoms with E-state index in [1.807, 2.05) is 26.0 Å². The van der Waals surface area contributed by atoms with Gasteiger partial charge in [-0.3, -0.25) is 0 Å². The molecule has 0 aliphatic rings. The first kappa shape index (κ1) is 19.1. The van der Waals surface area contributed by atoms with Crippen molar-refractivity contribution in [3.8, 4) is 0 Å². The molecule has 0 aromatic heterocycles. The Morgan fingerprint density at radius 1 is 1.14 bits per heavy atom. The minimum atomic E-state index is -3.23. The summed E-state index contributed by atoms with van der Waals surface area (Å²) in [5, 5.41) is 9.69. The van der Waals surface area contributed by atoms with Gasteiger partial charge in [-0.05, 0) is 50.3 Å². The molecule has 3 atom stereocenters. The van der Waals surface area contributed by atoms with Crippen molar-refractivity contribution >= 4 is 9.84 Å². The van der Waals surface area contributed by atoms with Crippen LogP contribution in [-0.4, -0.2) is 30.9 Å². The third-order valence-corrected chi connectivity index (χ3v) is 6.28. The third kappa shape index (κ3) is 4.80. The molecule has 0 spiro atoms. The van der Waals surface area contributed by atoms with Crippen molar-refractivity contribution in [1.29, 1.82) is 0 Å². The normalized spacial score (nSPS) is 16.5. The first-order valence-electron chi connectivity index (χ1n) is 7.97. The lowest BCUT2D eigenvalue weighted by Crippen LogP contribution is -2.35. The minimum absolute atomic E-state index is 0.133. The summed E-state index contributed by atoms with van der Waals surface area (Å²) in [6.45, 7) is 7.42. The molecule has 3 N–H and O–H groups in total. The van der Waals surface area contributed by atoms with Crippen LogP contribution in [0.3, 0.4) is 0 Å². The number of hydrogen-bond donors (Lipinski definition) is 2. The maximum atomic E-state index is 12.1. The van der Waals surface area contributed by atoms with E-state index < -0.39 is 21.2 Å². The van der Waals surface area contributed by atoms with Gasteiger partial charge in [-0.15, -0.1) is 0 Å². The molecule has 0 radical (unpaired) electrons. The fourth-order valence-electron chi connectivity index (χ4n) is 2.46. The van der Waals surface area contributed by atoms with E-state index >= 15 is 0 Å². The van der Waals surface area contributed by atoms with Crippen LogP contribution in [0.5, 0.6) is 0 Å². The number of sulfone groups is 1. The number of aliphatic hydroxyl groups is 1. The van der Waals surface area contributed by atoms with E-state index in [2.05, 4.69) is 0 Å². The second-order valence-electron chi connectivity index (χ2n) is 6.32. The monoisotopic (exact) mass is 327 g/mol. The van der Waals surface area contributed by atoms with Gasteiger partial charge >= 0.3 is 0 Å². The molecule has 1 rings (SSSR count). The fourth-order valence-corrected chi connectivity index (χ4v) is 3.52. The summed E-state index contributed by atoms with van der Waals surface area (Å²) in [5.74, 6) is 0.133. The quantitative estimate of drug-likeness (QED) is 0.769. The lowest BCUT2D eigenvalue weighted by Gasteiger charge is -2.22. The Hall–Kier alpha value is -0.910. The highest BCUT2D eigenvalue weighted by atomic mass is 32.2. The Morgan fingerprint density at radius 2 is 1.68 bits per heavy atom. The van der Waals surface area contributed by atoms with Gasteiger partial charge in [0.25, 0.3) is 0 Å². The summed E-state index contributed by atoms with van der Waals surface area (Å²) in [6.07, 6.45) is 1.81. The van der Waals surface area contributed by atoms with Crippen LogP contribution in [0.2, 0.25) is 0 Å². The smallest absolute Gasteiger partial charge is 0.180 e. The highest BCUT2D eigenvalue weighted by Gasteiger charge is 2.21. The van der Waals surface area contributed by atoms with Gasteiger partial charge < -0.3 is 10.8 Å². The first-order chi connectivity index (χ1) is 10.2. The molecular formula is C17H29NO3S. The van der Waals surface area contributed by atoms with Crippen molar-refractivity contribution < 1.29 is 13.5 Å². The van der Waals surface area contributed by atoms with Gasteiger partial charge in [-0.25, -0.2) is 8.42 Å². The zero-order valence-electron chi connectivity index (χ0n) is 14.0. The van der Waals surface area contributed by atoms with Gasteiger partial charge in [0.05, 0.1) is 16.2 Å². The summed E-state index contributed by atoms with van der Waals surface area (Å²) in [7, 11) is -3.23. The highest BCUT2D eigenvalue weighted by molar-refractivity contribution is 7.92. The fraction of sp³-hybridized carbons (Fsp3) is 0.647. The van der Waals surface area contributed by atoms with E-state index in [-0.39, 0.29) is 12.0 Å². The van der Waals surface area contributed by atoms with Crippen molar-refractivity contribution in [2.45, 2.75) is 75.2 Å². The summed E-state index contributed by atoms with van der Waals surface area (Å²) in [6, 6.07) is 6.77. The topological polar surface area (TPSA) is 80.4 Å². The van der Waals surface area contributed by atoms with Crippen LogP contribution in [0.25, 0.3) is 0 Å². The largest absolute Gasteiger partial charge is 0.391 e. The molecule has 0 aliphatic carbocycles. The van der Waals surface area contributed by atoms with Crippen LogP contribution in [0.4, 0.5) is 0 Å². The molecule has 0 saturated heterocycles. The zero-order valence-corrected chi connectivity index (χ0v) is 14.8. The molecule has 0 bridgehead atoms. The van der Waals surface area contributed by atoms with Crippen molar-refractivity contribution in [1.82, 2.24) is 0 Å². The molecule has 126 valence electrons. The lowest BCUT2D eigenvalue weighted by molar-refractivity contribution is 0.124. The summed E-state index contributed by atoms with van der Waals surface area (Å²) in [4.78, 5) is 0.349. The van der Waals surface area contributed by atoms with Crippen LogP contribution < -0.4 is 5.73 Å². The van der Waals surface area contributed by atoms with Crippen LogP contribution in [-0.2, 0) is 9.84 Å². The molecule has 0 aliphatic heterocycles.